The highest BCUT2D eigenvalue weighted by atomic mass is 16.5. The average molecular weight is 250 g/mol. The first kappa shape index (κ1) is 13.1. The van der Waals surface area contributed by atoms with Crippen LogP contribution in [0.5, 0.6) is 5.88 Å². The lowest BCUT2D eigenvalue weighted by Gasteiger charge is -2.34. The number of piperidine rings is 1. The van der Waals surface area contributed by atoms with Crippen LogP contribution in [-0.2, 0) is 0 Å². The zero-order valence-corrected chi connectivity index (χ0v) is 11.2. The smallest absolute Gasteiger partial charge is 0.225 e. The van der Waals surface area contributed by atoms with E-state index in [0.717, 1.165) is 19.6 Å². The summed E-state index contributed by atoms with van der Waals surface area (Å²) in [6, 6.07) is 1.78. The van der Waals surface area contributed by atoms with Crippen LogP contribution < -0.4 is 15.4 Å². The summed E-state index contributed by atoms with van der Waals surface area (Å²) >= 11 is 0. The number of hydrogen-bond acceptors (Lipinski definition) is 5. The summed E-state index contributed by atoms with van der Waals surface area (Å²) in [7, 11) is 0. The summed E-state index contributed by atoms with van der Waals surface area (Å²) in [6.07, 6.45) is 4.10. The normalized spacial score (nSPS) is 18.3. The second-order valence-electron chi connectivity index (χ2n) is 5.07. The summed E-state index contributed by atoms with van der Waals surface area (Å²) in [5.41, 5.74) is 0.330. The number of ether oxygens (including phenoxy) is 1. The van der Waals surface area contributed by atoms with E-state index in [0.29, 0.717) is 23.9 Å². The third-order valence-corrected chi connectivity index (χ3v) is 3.41. The Morgan fingerprint density at radius 1 is 1.44 bits per heavy atom. The van der Waals surface area contributed by atoms with Crippen LogP contribution in [0.15, 0.2) is 12.3 Å². The molecule has 0 atom stereocenters. The van der Waals surface area contributed by atoms with Gasteiger partial charge in [-0.15, -0.1) is 0 Å². The molecule has 0 spiro atoms. The molecule has 2 heterocycles. The molecule has 1 fully saturated rings. The van der Waals surface area contributed by atoms with Gasteiger partial charge in [-0.3, -0.25) is 0 Å². The lowest BCUT2D eigenvalue weighted by Crippen LogP contribution is -2.39. The molecule has 1 saturated heterocycles. The Hall–Kier alpha value is -1.36. The van der Waals surface area contributed by atoms with Gasteiger partial charge in [0.05, 0.1) is 6.61 Å². The zero-order chi connectivity index (χ0) is 12.8. The van der Waals surface area contributed by atoms with Crippen LogP contribution in [0, 0.1) is 5.41 Å². The predicted octanol–water partition coefficient (Wildman–Crippen LogP) is 1.68. The topological polar surface area (TPSA) is 59.1 Å². The van der Waals surface area contributed by atoms with Gasteiger partial charge in [-0.1, -0.05) is 6.92 Å². The van der Waals surface area contributed by atoms with Crippen molar-refractivity contribution in [2.75, 3.05) is 31.6 Å². The van der Waals surface area contributed by atoms with Crippen LogP contribution in [0.4, 0.5) is 5.95 Å². The fourth-order valence-electron chi connectivity index (χ4n) is 2.16. The maximum atomic E-state index is 5.36. The van der Waals surface area contributed by atoms with Gasteiger partial charge in [0, 0.05) is 18.8 Å². The molecule has 1 aromatic rings. The Balaban J connectivity index is 1.90. The number of aromatic nitrogens is 2. The molecule has 0 saturated carbocycles. The molecule has 2 N–H and O–H groups in total. The van der Waals surface area contributed by atoms with Crippen LogP contribution in [-0.4, -0.2) is 36.2 Å². The molecule has 2 rings (SSSR count). The molecule has 1 aliphatic heterocycles. The van der Waals surface area contributed by atoms with Crippen molar-refractivity contribution in [2.24, 2.45) is 5.41 Å². The van der Waals surface area contributed by atoms with E-state index >= 15 is 0 Å². The van der Waals surface area contributed by atoms with Crippen molar-refractivity contribution in [3.05, 3.63) is 12.3 Å². The highest BCUT2D eigenvalue weighted by molar-refractivity contribution is 5.27. The van der Waals surface area contributed by atoms with E-state index in [1.807, 2.05) is 6.92 Å². The standard InChI is InChI=1S/C13H22N4O/c1-3-18-11-4-7-15-12(17-11)16-10-13(2)5-8-14-9-6-13/h4,7,14H,3,5-6,8-10H2,1-2H3,(H,15,16,17). The van der Waals surface area contributed by atoms with E-state index in [-0.39, 0.29) is 0 Å². The lowest BCUT2D eigenvalue weighted by molar-refractivity contribution is 0.246. The van der Waals surface area contributed by atoms with Gasteiger partial charge in [0.1, 0.15) is 0 Å². The quantitative estimate of drug-likeness (QED) is 0.832. The summed E-state index contributed by atoms with van der Waals surface area (Å²) in [5.74, 6) is 1.28. The fraction of sp³-hybridized carbons (Fsp3) is 0.692. The van der Waals surface area contributed by atoms with Crippen molar-refractivity contribution < 1.29 is 4.74 Å². The van der Waals surface area contributed by atoms with Gasteiger partial charge in [0.2, 0.25) is 11.8 Å². The van der Waals surface area contributed by atoms with Crippen LogP contribution in [0.3, 0.4) is 0 Å². The van der Waals surface area contributed by atoms with E-state index < -0.39 is 0 Å². The number of nitrogens with zero attached hydrogens (tertiary/aromatic N) is 2. The monoisotopic (exact) mass is 250 g/mol. The van der Waals surface area contributed by atoms with Gasteiger partial charge in [-0.05, 0) is 38.3 Å². The first-order chi connectivity index (χ1) is 8.72. The summed E-state index contributed by atoms with van der Waals surface area (Å²) < 4.78 is 5.36. The predicted molar refractivity (Wildman–Crippen MR) is 71.9 cm³/mol. The van der Waals surface area contributed by atoms with E-state index in [1.54, 1.807) is 12.3 Å². The van der Waals surface area contributed by atoms with Crippen LogP contribution >= 0.6 is 0 Å². The average Bonchev–Trinajstić information content (AvgIpc) is 2.38. The van der Waals surface area contributed by atoms with Gasteiger partial charge in [0.15, 0.2) is 0 Å². The SMILES string of the molecule is CCOc1ccnc(NCC2(C)CCNCC2)n1. The molecule has 5 nitrogen and oxygen atoms in total. The molecule has 1 aromatic heterocycles. The molecule has 5 heteroatoms. The minimum Gasteiger partial charge on any atom is -0.478 e. The Bertz CT molecular complexity index is 377. The molecule has 0 aromatic carbocycles. The van der Waals surface area contributed by atoms with Crippen molar-refractivity contribution in [2.45, 2.75) is 26.7 Å². The van der Waals surface area contributed by atoms with Gasteiger partial charge in [0.25, 0.3) is 0 Å². The Morgan fingerprint density at radius 3 is 2.94 bits per heavy atom. The molecular formula is C13H22N4O. The maximum Gasteiger partial charge on any atom is 0.225 e. The molecule has 0 amide bonds. The van der Waals surface area contributed by atoms with Gasteiger partial charge < -0.3 is 15.4 Å². The third-order valence-electron chi connectivity index (χ3n) is 3.41. The van der Waals surface area contributed by atoms with Crippen molar-refractivity contribution in [3.63, 3.8) is 0 Å². The van der Waals surface area contributed by atoms with Gasteiger partial charge in [-0.25, -0.2) is 4.98 Å². The number of rotatable bonds is 5. The molecule has 0 unspecified atom stereocenters. The first-order valence-electron chi connectivity index (χ1n) is 6.62. The maximum absolute atomic E-state index is 5.36. The van der Waals surface area contributed by atoms with E-state index in [1.165, 1.54) is 12.8 Å². The second-order valence-corrected chi connectivity index (χ2v) is 5.07. The summed E-state index contributed by atoms with van der Waals surface area (Å²) in [4.78, 5) is 8.54. The van der Waals surface area contributed by atoms with Crippen molar-refractivity contribution >= 4 is 5.95 Å². The van der Waals surface area contributed by atoms with Crippen LogP contribution in [0.1, 0.15) is 26.7 Å². The van der Waals surface area contributed by atoms with E-state index in [4.69, 9.17) is 4.74 Å². The van der Waals surface area contributed by atoms with Crippen molar-refractivity contribution in [3.8, 4) is 5.88 Å². The largest absolute Gasteiger partial charge is 0.478 e. The minimum atomic E-state index is 0.330. The van der Waals surface area contributed by atoms with Gasteiger partial charge in [-0.2, -0.15) is 4.98 Å². The van der Waals surface area contributed by atoms with Crippen molar-refractivity contribution in [1.29, 1.82) is 0 Å². The fourth-order valence-corrected chi connectivity index (χ4v) is 2.16. The Kier molecular flexibility index (Phi) is 4.36. The molecule has 18 heavy (non-hydrogen) atoms. The molecule has 0 radical (unpaired) electrons. The minimum absolute atomic E-state index is 0.330. The second kappa shape index (κ2) is 6.00. The van der Waals surface area contributed by atoms with Crippen LogP contribution in [0.25, 0.3) is 0 Å². The Labute approximate surface area is 108 Å². The summed E-state index contributed by atoms with van der Waals surface area (Å²) in [6.45, 7) is 7.98. The van der Waals surface area contributed by atoms with Gasteiger partial charge >= 0.3 is 0 Å². The van der Waals surface area contributed by atoms with E-state index in [2.05, 4.69) is 27.5 Å². The molecule has 100 valence electrons. The summed E-state index contributed by atoms with van der Waals surface area (Å²) in [5, 5.41) is 6.71. The lowest BCUT2D eigenvalue weighted by atomic mass is 9.81. The highest BCUT2D eigenvalue weighted by Gasteiger charge is 2.26. The molecular weight excluding hydrogens is 228 g/mol. The number of hydrogen-bond donors (Lipinski definition) is 2. The highest BCUT2D eigenvalue weighted by Crippen LogP contribution is 2.27. The Morgan fingerprint density at radius 2 is 2.22 bits per heavy atom. The number of nitrogens with one attached hydrogen (secondary N) is 2. The van der Waals surface area contributed by atoms with E-state index in [9.17, 15) is 0 Å². The molecule has 0 bridgehead atoms. The van der Waals surface area contributed by atoms with Crippen molar-refractivity contribution in [1.82, 2.24) is 15.3 Å². The molecule has 0 aliphatic carbocycles. The molecule has 1 aliphatic rings. The zero-order valence-electron chi connectivity index (χ0n) is 11.2. The number of anilines is 1. The van der Waals surface area contributed by atoms with Crippen LogP contribution in [0.2, 0.25) is 0 Å². The first-order valence-corrected chi connectivity index (χ1v) is 6.62. The third kappa shape index (κ3) is 3.57.